The van der Waals surface area contributed by atoms with Gasteiger partial charge in [0.1, 0.15) is 5.54 Å². The van der Waals surface area contributed by atoms with Crippen LogP contribution in [0, 0.1) is 0 Å². The number of nitrogens with one attached hydrogen (secondary N) is 1. The number of rotatable bonds is 3. The molecule has 14 heavy (non-hydrogen) atoms. The summed E-state index contributed by atoms with van der Waals surface area (Å²) in [6.45, 7) is 5.46. The quantitative estimate of drug-likeness (QED) is 0.669. The van der Waals surface area contributed by atoms with Crippen molar-refractivity contribution >= 4 is 11.9 Å². The Kier molecular flexibility index (Phi) is 2.80. The van der Waals surface area contributed by atoms with E-state index in [9.17, 15) is 9.59 Å². The number of hydrogen-bond acceptors (Lipinski definition) is 3. The molecule has 0 saturated carbocycles. The third kappa shape index (κ3) is 1.59. The lowest BCUT2D eigenvalue weighted by Gasteiger charge is -2.21. The van der Waals surface area contributed by atoms with Gasteiger partial charge in [0.05, 0.1) is 6.61 Å². The Hall–Kier alpha value is -1.10. The van der Waals surface area contributed by atoms with Crippen LogP contribution < -0.4 is 5.32 Å². The zero-order valence-corrected chi connectivity index (χ0v) is 8.96. The average molecular weight is 200 g/mol. The first kappa shape index (κ1) is 11.0. The number of urea groups is 1. The van der Waals surface area contributed by atoms with Gasteiger partial charge in [-0.25, -0.2) is 4.79 Å². The number of hydrogen-bond donors (Lipinski definition) is 1. The van der Waals surface area contributed by atoms with Gasteiger partial charge in [-0.2, -0.15) is 0 Å². The SMILES string of the molecule is COCC1(C)NC(=O)N(C(C)C)C1=O. The first-order valence-corrected chi connectivity index (χ1v) is 4.57. The van der Waals surface area contributed by atoms with E-state index in [0.29, 0.717) is 0 Å². The van der Waals surface area contributed by atoms with Crippen molar-refractivity contribution in [1.29, 1.82) is 0 Å². The highest BCUT2D eigenvalue weighted by Gasteiger charge is 2.48. The van der Waals surface area contributed by atoms with E-state index in [1.165, 1.54) is 12.0 Å². The second-order valence-electron chi connectivity index (χ2n) is 3.96. The Labute approximate surface area is 83.4 Å². The largest absolute Gasteiger partial charge is 0.382 e. The second-order valence-corrected chi connectivity index (χ2v) is 3.96. The van der Waals surface area contributed by atoms with Crippen molar-refractivity contribution < 1.29 is 14.3 Å². The van der Waals surface area contributed by atoms with Gasteiger partial charge < -0.3 is 10.1 Å². The maximum absolute atomic E-state index is 11.8. The van der Waals surface area contributed by atoms with Gasteiger partial charge in [0, 0.05) is 13.2 Å². The molecule has 0 aromatic heterocycles. The maximum Gasteiger partial charge on any atom is 0.325 e. The van der Waals surface area contributed by atoms with Crippen molar-refractivity contribution in [3.63, 3.8) is 0 Å². The van der Waals surface area contributed by atoms with E-state index in [-0.39, 0.29) is 24.6 Å². The van der Waals surface area contributed by atoms with Crippen molar-refractivity contribution in [2.24, 2.45) is 0 Å². The van der Waals surface area contributed by atoms with Gasteiger partial charge in [-0.3, -0.25) is 9.69 Å². The van der Waals surface area contributed by atoms with Gasteiger partial charge in [0.2, 0.25) is 0 Å². The van der Waals surface area contributed by atoms with Gasteiger partial charge in [-0.05, 0) is 20.8 Å². The highest BCUT2D eigenvalue weighted by Crippen LogP contribution is 2.19. The van der Waals surface area contributed by atoms with Gasteiger partial charge in [0.25, 0.3) is 5.91 Å². The first-order valence-electron chi connectivity index (χ1n) is 4.57. The number of carbonyl (C=O) groups excluding carboxylic acids is 2. The number of amides is 3. The summed E-state index contributed by atoms with van der Waals surface area (Å²) in [5.74, 6) is -0.223. The molecular formula is C9H16N2O3. The summed E-state index contributed by atoms with van der Waals surface area (Å²) in [6.07, 6.45) is 0. The van der Waals surface area contributed by atoms with Crippen LogP contribution in [0.25, 0.3) is 0 Å². The zero-order chi connectivity index (χ0) is 10.9. The molecule has 1 atom stereocenters. The summed E-state index contributed by atoms with van der Waals surface area (Å²) in [5.41, 5.74) is -0.907. The molecule has 1 aliphatic rings. The van der Waals surface area contributed by atoms with E-state index < -0.39 is 5.54 Å². The van der Waals surface area contributed by atoms with Gasteiger partial charge in [-0.1, -0.05) is 0 Å². The summed E-state index contributed by atoms with van der Waals surface area (Å²) < 4.78 is 4.91. The normalized spacial score (nSPS) is 27.4. The molecule has 1 rings (SSSR count). The molecule has 1 unspecified atom stereocenters. The van der Waals surface area contributed by atoms with Crippen molar-refractivity contribution in [3.8, 4) is 0 Å². The fraction of sp³-hybridized carbons (Fsp3) is 0.778. The first-order chi connectivity index (χ1) is 6.42. The molecule has 1 heterocycles. The summed E-state index contributed by atoms with van der Waals surface area (Å²) in [5, 5.41) is 2.62. The van der Waals surface area contributed by atoms with Crippen LogP contribution in [-0.2, 0) is 9.53 Å². The van der Waals surface area contributed by atoms with Crippen LogP contribution in [0.4, 0.5) is 4.79 Å². The zero-order valence-electron chi connectivity index (χ0n) is 8.96. The summed E-state index contributed by atoms with van der Waals surface area (Å²) in [7, 11) is 1.50. The predicted molar refractivity (Wildman–Crippen MR) is 50.8 cm³/mol. The molecule has 0 spiro atoms. The second kappa shape index (κ2) is 3.57. The Balaban J connectivity index is 2.89. The van der Waals surface area contributed by atoms with E-state index in [1.807, 2.05) is 0 Å². The number of imide groups is 1. The molecule has 1 aliphatic heterocycles. The van der Waals surface area contributed by atoms with Crippen LogP contribution in [0.1, 0.15) is 20.8 Å². The molecule has 0 aliphatic carbocycles. The van der Waals surface area contributed by atoms with Gasteiger partial charge >= 0.3 is 6.03 Å². The Morgan fingerprint density at radius 3 is 2.43 bits per heavy atom. The molecule has 0 bridgehead atoms. The highest BCUT2D eigenvalue weighted by molar-refractivity contribution is 6.07. The number of carbonyl (C=O) groups is 2. The molecule has 0 aromatic carbocycles. The summed E-state index contributed by atoms with van der Waals surface area (Å²) in [6, 6.07) is -0.467. The van der Waals surface area contributed by atoms with Crippen molar-refractivity contribution in [2.75, 3.05) is 13.7 Å². The highest BCUT2D eigenvalue weighted by atomic mass is 16.5. The number of nitrogens with zero attached hydrogens (tertiary/aromatic N) is 1. The molecule has 0 aromatic rings. The van der Waals surface area contributed by atoms with E-state index in [2.05, 4.69) is 5.32 Å². The van der Waals surface area contributed by atoms with Crippen LogP contribution in [0.5, 0.6) is 0 Å². The summed E-state index contributed by atoms with van der Waals surface area (Å²) >= 11 is 0. The number of methoxy groups -OCH3 is 1. The van der Waals surface area contributed by atoms with Crippen molar-refractivity contribution in [1.82, 2.24) is 10.2 Å². The monoisotopic (exact) mass is 200 g/mol. The third-order valence-corrected chi connectivity index (χ3v) is 2.24. The topological polar surface area (TPSA) is 58.6 Å². The minimum atomic E-state index is -0.907. The van der Waals surface area contributed by atoms with Crippen LogP contribution in [0.3, 0.4) is 0 Å². The van der Waals surface area contributed by atoms with E-state index in [4.69, 9.17) is 4.74 Å². The Bertz CT molecular complexity index is 265. The van der Waals surface area contributed by atoms with Crippen LogP contribution in [0.2, 0.25) is 0 Å². The molecule has 5 heteroatoms. The molecule has 5 nitrogen and oxygen atoms in total. The average Bonchev–Trinajstić information content (AvgIpc) is 2.23. The molecule has 1 saturated heterocycles. The fourth-order valence-corrected chi connectivity index (χ4v) is 1.56. The third-order valence-electron chi connectivity index (χ3n) is 2.24. The minimum absolute atomic E-state index is 0.124. The molecule has 80 valence electrons. The molecule has 3 amide bonds. The van der Waals surface area contributed by atoms with Crippen LogP contribution in [0.15, 0.2) is 0 Å². The lowest BCUT2D eigenvalue weighted by molar-refractivity contribution is -0.133. The smallest absolute Gasteiger partial charge is 0.325 e. The Morgan fingerprint density at radius 2 is 2.07 bits per heavy atom. The van der Waals surface area contributed by atoms with E-state index in [1.54, 1.807) is 20.8 Å². The lowest BCUT2D eigenvalue weighted by atomic mass is 10.0. The minimum Gasteiger partial charge on any atom is -0.382 e. The standard InChI is InChI=1S/C9H16N2O3/c1-6(2)11-7(12)9(3,5-14-4)10-8(11)13/h6H,5H2,1-4H3,(H,10,13). The molecule has 1 N–H and O–H groups in total. The lowest BCUT2D eigenvalue weighted by Crippen LogP contribution is -2.48. The molecular weight excluding hydrogens is 184 g/mol. The number of ether oxygens (including phenoxy) is 1. The predicted octanol–water partition coefficient (Wildman–Crippen LogP) is 0.352. The van der Waals surface area contributed by atoms with E-state index in [0.717, 1.165) is 0 Å². The van der Waals surface area contributed by atoms with Crippen molar-refractivity contribution in [3.05, 3.63) is 0 Å². The molecule has 0 radical (unpaired) electrons. The molecule has 1 fully saturated rings. The van der Waals surface area contributed by atoms with Gasteiger partial charge in [-0.15, -0.1) is 0 Å². The van der Waals surface area contributed by atoms with Crippen LogP contribution >= 0.6 is 0 Å². The summed E-state index contributed by atoms with van der Waals surface area (Å²) in [4.78, 5) is 24.5. The maximum atomic E-state index is 11.8. The Morgan fingerprint density at radius 1 is 1.50 bits per heavy atom. The fourth-order valence-electron chi connectivity index (χ4n) is 1.56. The van der Waals surface area contributed by atoms with E-state index >= 15 is 0 Å². The van der Waals surface area contributed by atoms with Gasteiger partial charge in [0.15, 0.2) is 0 Å². The van der Waals surface area contributed by atoms with Crippen LogP contribution in [-0.4, -0.2) is 42.1 Å². The van der Waals surface area contributed by atoms with Crippen molar-refractivity contribution in [2.45, 2.75) is 32.4 Å².